The summed E-state index contributed by atoms with van der Waals surface area (Å²) in [5.41, 5.74) is 1.99. The standard InChI is InChI=1S/C14H18N2O2/c1-9(2)10-4-3-5-12(6-10)16-14(18)11-7-13(17)15-8-11/h3-6,9,11H,7-8H2,1-2H3,(H,15,17)(H,16,18). The van der Waals surface area contributed by atoms with E-state index in [1.807, 2.05) is 24.3 Å². The number of anilines is 1. The van der Waals surface area contributed by atoms with Crippen LogP contribution in [0.2, 0.25) is 0 Å². The molecule has 0 bridgehead atoms. The van der Waals surface area contributed by atoms with Crippen LogP contribution in [0.25, 0.3) is 0 Å². The predicted octanol–water partition coefficient (Wildman–Crippen LogP) is 1.88. The Hall–Kier alpha value is -1.84. The summed E-state index contributed by atoms with van der Waals surface area (Å²) in [6, 6.07) is 7.82. The van der Waals surface area contributed by atoms with Gasteiger partial charge in [-0.15, -0.1) is 0 Å². The second-order valence-electron chi connectivity index (χ2n) is 4.97. The Morgan fingerprint density at radius 1 is 1.44 bits per heavy atom. The molecule has 1 atom stereocenters. The molecule has 1 unspecified atom stereocenters. The Labute approximate surface area is 107 Å². The summed E-state index contributed by atoms with van der Waals surface area (Å²) in [6.07, 6.45) is 0.287. The summed E-state index contributed by atoms with van der Waals surface area (Å²) in [5.74, 6) is 0.0390. The van der Waals surface area contributed by atoms with Crippen molar-refractivity contribution in [3.05, 3.63) is 29.8 Å². The van der Waals surface area contributed by atoms with E-state index in [1.54, 1.807) is 0 Å². The summed E-state index contributed by atoms with van der Waals surface area (Å²) >= 11 is 0. The monoisotopic (exact) mass is 246 g/mol. The van der Waals surface area contributed by atoms with Gasteiger partial charge in [0, 0.05) is 18.7 Å². The molecule has 1 aromatic carbocycles. The van der Waals surface area contributed by atoms with Gasteiger partial charge in [-0.2, -0.15) is 0 Å². The summed E-state index contributed by atoms with van der Waals surface area (Å²) < 4.78 is 0. The number of hydrogen-bond donors (Lipinski definition) is 2. The van der Waals surface area contributed by atoms with Crippen LogP contribution in [0, 0.1) is 5.92 Å². The maximum atomic E-state index is 11.9. The lowest BCUT2D eigenvalue weighted by Gasteiger charge is -2.11. The van der Waals surface area contributed by atoms with E-state index in [0.717, 1.165) is 5.69 Å². The van der Waals surface area contributed by atoms with Crippen LogP contribution in [0.5, 0.6) is 0 Å². The van der Waals surface area contributed by atoms with Crippen molar-refractivity contribution in [2.24, 2.45) is 5.92 Å². The molecule has 2 rings (SSSR count). The molecule has 1 aromatic rings. The van der Waals surface area contributed by atoms with Crippen molar-refractivity contribution in [2.75, 3.05) is 11.9 Å². The molecule has 0 spiro atoms. The number of carbonyl (C=O) groups excluding carboxylic acids is 2. The Balaban J connectivity index is 2.02. The van der Waals surface area contributed by atoms with Crippen molar-refractivity contribution in [3.63, 3.8) is 0 Å². The van der Waals surface area contributed by atoms with Crippen molar-refractivity contribution in [3.8, 4) is 0 Å². The largest absolute Gasteiger partial charge is 0.355 e. The molecule has 18 heavy (non-hydrogen) atoms. The average molecular weight is 246 g/mol. The molecule has 1 aliphatic rings. The molecule has 4 heteroatoms. The zero-order valence-corrected chi connectivity index (χ0v) is 10.7. The Bertz CT molecular complexity index is 469. The highest BCUT2D eigenvalue weighted by Crippen LogP contribution is 2.19. The zero-order chi connectivity index (χ0) is 13.1. The first-order valence-corrected chi connectivity index (χ1v) is 6.24. The van der Waals surface area contributed by atoms with E-state index < -0.39 is 0 Å². The van der Waals surface area contributed by atoms with Gasteiger partial charge in [-0.3, -0.25) is 9.59 Å². The first-order valence-electron chi connectivity index (χ1n) is 6.24. The number of hydrogen-bond acceptors (Lipinski definition) is 2. The summed E-state index contributed by atoms with van der Waals surface area (Å²) in [4.78, 5) is 23.0. The van der Waals surface area contributed by atoms with E-state index in [2.05, 4.69) is 24.5 Å². The van der Waals surface area contributed by atoms with Crippen LogP contribution in [0.3, 0.4) is 0 Å². The summed E-state index contributed by atoms with van der Waals surface area (Å²) in [7, 11) is 0. The normalized spacial score (nSPS) is 18.8. The average Bonchev–Trinajstić information content (AvgIpc) is 2.76. The van der Waals surface area contributed by atoms with E-state index in [-0.39, 0.29) is 24.2 Å². The number of nitrogens with one attached hydrogen (secondary N) is 2. The van der Waals surface area contributed by atoms with Crippen LogP contribution >= 0.6 is 0 Å². The van der Waals surface area contributed by atoms with Crippen molar-refractivity contribution >= 4 is 17.5 Å². The minimum Gasteiger partial charge on any atom is -0.355 e. The molecular formula is C14H18N2O2. The molecule has 4 nitrogen and oxygen atoms in total. The van der Waals surface area contributed by atoms with Crippen LogP contribution in [-0.4, -0.2) is 18.4 Å². The smallest absolute Gasteiger partial charge is 0.229 e. The van der Waals surface area contributed by atoms with Gasteiger partial charge in [0.1, 0.15) is 0 Å². The molecule has 2 amide bonds. The SMILES string of the molecule is CC(C)c1cccc(NC(=O)C2CNC(=O)C2)c1. The van der Waals surface area contributed by atoms with Crippen LogP contribution < -0.4 is 10.6 Å². The van der Waals surface area contributed by atoms with Gasteiger partial charge in [-0.05, 0) is 23.6 Å². The molecule has 0 radical (unpaired) electrons. The topological polar surface area (TPSA) is 58.2 Å². The summed E-state index contributed by atoms with van der Waals surface area (Å²) in [5, 5.41) is 5.53. The molecule has 1 heterocycles. The van der Waals surface area contributed by atoms with E-state index in [0.29, 0.717) is 12.5 Å². The lowest BCUT2D eigenvalue weighted by atomic mass is 10.0. The number of benzene rings is 1. The van der Waals surface area contributed by atoms with Gasteiger partial charge < -0.3 is 10.6 Å². The predicted molar refractivity (Wildman–Crippen MR) is 70.3 cm³/mol. The van der Waals surface area contributed by atoms with Crippen molar-refractivity contribution < 1.29 is 9.59 Å². The first-order chi connectivity index (χ1) is 8.56. The highest BCUT2D eigenvalue weighted by molar-refractivity contribution is 5.97. The maximum Gasteiger partial charge on any atom is 0.229 e. The maximum absolute atomic E-state index is 11.9. The fraction of sp³-hybridized carbons (Fsp3) is 0.429. The van der Waals surface area contributed by atoms with Gasteiger partial charge in [0.15, 0.2) is 0 Å². The third-order valence-electron chi connectivity index (χ3n) is 3.17. The van der Waals surface area contributed by atoms with Crippen LogP contribution in [0.4, 0.5) is 5.69 Å². The minimum atomic E-state index is -0.250. The lowest BCUT2D eigenvalue weighted by Crippen LogP contribution is -2.24. The molecule has 1 saturated heterocycles. The van der Waals surface area contributed by atoms with Crippen LogP contribution in [0.1, 0.15) is 31.7 Å². The van der Waals surface area contributed by atoms with Gasteiger partial charge in [-0.1, -0.05) is 26.0 Å². The minimum absolute atomic E-state index is 0.0499. The Morgan fingerprint density at radius 2 is 2.22 bits per heavy atom. The van der Waals surface area contributed by atoms with Crippen LogP contribution in [-0.2, 0) is 9.59 Å². The summed E-state index contributed by atoms with van der Waals surface area (Å²) in [6.45, 7) is 4.66. The van der Waals surface area contributed by atoms with Crippen molar-refractivity contribution in [1.82, 2.24) is 5.32 Å². The third-order valence-corrected chi connectivity index (χ3v) is 3.17. The third kappa shape index (κ3) is 2.88. The fourth-order valence-corrected chi connectivity index (χ4v) is 2.01. The van der Waals surface area contributed by atoms with Crippen LogP contribution in [0.15, 0.2) is 24.3 Å². The van der Waals surface area contributed by atoms with Gasteiger partial charge in [-0.25, -0.2) is 0 Å². The number of amides is 2. The van der Waals surface area contributed by atoms with E-state index >= 15 is 0 Å². The Kier molecular flexibility index (Phi) is 3.65. The van der Waals surface area contributed by atoms with E-state index in [1.165, 1.54) is 5.56 Å². The number of rotatable bonds is 3. The number of carbonyl (C=O) groups is 2. The van der Waals surface area contributed by atoms with Crippen molar-refractivity contribution in [1.29, 1.82) is 0 Å². The molecule has 2 N–H and O–H groups in total. The van der Waals surface area contributed by atoms with Gasteiger partial charge >= 0.3 is 0 Å². The second kappa shape index (κ2) is 5.21. The molecule has 1 aliphatic heterocycles. The fourth-order valence-electron chi connectivity index (χ4n) is 2.01. The highest BCUT2D eigenvalue weighted by Gasteiger charge is 2.27. The highest BCUT2D eigenvalue weighted by atomic mass is 16.2. The molecular weight excluding hydrogens is 228 g/mol. The Morgan fingerprint density at radius 3 is 2.83 bits per heavy atom. The van der Waals surface area contributed by atoms with Crippen molar-refractivity contribution in [2.45, 2.75) is 26.2 Å². The molecule has 0 saturated carbocycles. The zero-order valence-electron chi connectivity index (χ0n) is 10.7. The van der Waals surface area contributed by atoms with Gasteiger partial charge in [0.05, 0.1) is 5.92 Å². The molecule has 0 aromatic heterocycles. The van der Waals surface area contributed by atoms with E-state index in [9.17, 15) is 9.59 Å². The lowest BCUT2D eigenvalue weighted by molar-refractivity contribution is -0.123. The van der Waals surface area contributed by atoms with E-state index in [4.69, 9.17) is 0 Å². The first kappa shape index (κ1) is 12.6. The molecule has 96 valence electrons. The molecule has 1 fully saturated rings. The van der Waals surface area contributed by atoms with Gasteiger partial charge in [0.2, 0.25) is 11.8 Å². The van der Waals surface area contributed by atoms with Gasteiger partial charge in [0.25, 0.3) is 0 Å². The quantitative estimate of drug-likeness (QED) is 0.855. The molecule has 0 aliphatic carbocycles. The second-order valence-corrected chi connectivity index (χ2v) is 4.97.